The molecule has 4 heteroatoms. The molecule has 0 aromatic heterocycles. The molecule has 1 amide bonds. The van der Waals surface area contributed by atoms with Crippen LogP contribution in [0, 0.1) is 11.7 Å². The number of nitrogens with one attached hydrogen (secondary N) is 1. The number of piperidine rings is 1. The van der Waals surface area contributed by atoms with E-state index in [1.165, 1.54) is 42.0 Å². The first-order valence-electron chi connectivity index (χ1n) is 11.0. The summed E-state index contributed by atoms with van der Waals surface area (Å²) in [4.78, 5) is 15.0. The third-order valence-electron chi connectivity index (χ3n) is 6.54. The van der Waals surface area contributed by atoms with Crippen LogP contribution in [-0.4, -0.2) is 23.9 Å². The number of hydrogen-bond donors (Lipinski definition) is 1. The van der Waals surface area contributed by atoms with Crippen molar-refractivity contribution in [3.8, 4) is 0 Å². The fourth-order valence-corrected chi connectivity index (χ4v) is 4.66. The maximum absolute atomic E-state index is 13.9. The number of carbonyl (C=O) groups is 1. The smallest absolute Gasteiger partial charge is 0.223 e. The van der Waals surface area contributed by atoms with E-state index in [0.29, 0.717) is 6.54 Å². The van der Waals surface area contributed by atoms with Crippen molar-refractivity contribution < 1.29 is 9.18 Å². The van der Waals surface area contributed by atoms with Gasteiger partial charge < -0.3 is 5.32 Å². The van der Waals surface area contributed by atoms with Gasteiger partial charge in [-0.25, -0.2) is 4.39 Å². The van der Waals surface area contributed by atoms with Crippen molar-refractivity contribution in [2.75, 3.05) is 13.1 Å². The fraction of sp³-hybridized carbons (Fsp3) is 0.480. The van der Waals surface area contributed by atoms with Crippen molar-refractivity contribution in [1.82, 2.24) is 10.2 Å². The molecular weight excluding hydrogens is 363 g/mol. The molecule has 0 spiro atoms. The van der Waals surface area contributed by atoms with Gasteiger partial charge in [0.1, 0.15) is 5.82 Å². The molecule has 1 saturated heterocycles. The summed E-state index contributed by atoms with van der Waals surface area (Å²) in [7, 11) is 0. The molecule has 2 aromatic rings. The van der Waals surface area contributed by atoms with E-state index in [1.807, 2.05) is 12.1 Å². The number of hydrogen-bond acceptors (Lipinski definition) is 2. The van der Waals surface area contributed by atoms with Crippen LogP contribution in [0.25, 0.3) is 0 Å². The zero-order valence-corrected chi connectivity index (χ0v) is 17.3. The van der Waals surface area contributed by atoms with E-state index in [1.54, 1.807) is 6.07 Å². The Hall–Kier alpha value is -2.20. The summed E-state index contributed by atoms with van der Waals surface area (Å²) in [5, 5.41) is 3.23. The Morgan fingerprint density at radius 1 is 1.10 bits per heavy atom. The molecule has 0 saturated carbocycles. The third-order valence-corrected chi connectivity index (χ3v) is 6.54. The lowest BCUT2D eigenvalue weighted by molar-refractivity contribution is -0.127. The lowest BCUT2D eigenvalue weighted by Crippen LogP contribution is -2.41. The Labute approximate surface area is 173 Å². The van der Waals surface area contributed by atoms with Crippen LogP contribution in [0.15, 0.2) is 42.5 Å². The van der Waals surface area contributed by atoms with E-state index in [2.05, 4.69) is 35.3 Å². The largest absolute Gasteiger partial charge is 0.349 e. The molecule has 1 fully saturated rings. The van der Waals surface area contributed by atoms with Gasteiger partial charge in [-0.2, -0.15) is 0 Å². The van der Waals surface area contributed by atoms with Gasteiger partial charge in [0, 0.05) is 18.0 Å². The summed E-state index contributed by atoms with van der Waals surface area (Å²) in [6.07, 6.45) is 6.55. The number of likely N-dealkylation sites (tertiary alicyclic amines) is 1. The molecule has 2 aliphatic rings. The van der Waals surface area contributed by atoms with Crippen LogP contribution in [0.3, 0.4) is 0 Å². The summed E-state index contributed by atoms with van der Waals surface area (Å²) in [6.45, 7) is 4.36. The van der Waals surface area contributed by atoms with Gasteiger partial charge in [-0.1, -0.05) is 36.4 Å². The first-order chi connectivity index (χ1) is 14.1. The van der Waals surface area contributed by atoms with E-state index >= 15 is 0 Å². The van der Waals surface area contributed by atoms with Crippen LogP contribution in [0.2, 0.25) is 0 Å². The van der Waals surface area contributed by atoms with Crippen LogP contribution in [0.4, 0.5) is 4.39 Å². The van der Waals surface area contributed by atoms with E-state index in [9.17, 15) is 9.18 Å². The predicted octanol–water partition coefficient (Wildman–Crippen LogP) is 4.79. The van der Waals surface area contributed by atoms with Crippen molar-refractivity contribution in [3.05, 3.63) is 70.5 Å². The Balaban J connectivity index is 1.29. The molecule has 1 aliphatic carbocycles. The second-order valence-electron chi connectivity index (χ2n) is 8.61. The Morgan fingerprint density at radius 3 is 2.59 bits per heavy atom. The van der Waals surface area contributed by atoms with E-state index < -0.39 is 0 Å². The first kappa shape index (κ1) is 20.1. The molecule has 1 N–H and O–H groups in total. The van der Waals surface area contributed by atoms with Crippen molar-refractivity contribution in [2.24, 2.45) is 5.92 Å². The summed E-state index contributed by atoms with van der Waals surface area (Å²) in [5.74, 6) is 0.0546. The van der Waals surface area contributed by atoms with E-state index in [-0.39, 0.29) is 23.7 Å². The highest BCUT2D eigenvalue weighted by atomic mass is 19.1. The highest BCUT2D eigenvalue weighted by Gasteiger charge is 2.26. The van der Waals surface area contributed by atoms with Gasteiger partial charge in [-0.3, -0.25) is 9.69 Å². The zero-order valence-electron chi connectivity index (χ0n) is 17.3. The standard InChI is InChI=1S/C25H31FN2O/c1-18(21-11-10-19-6-2-3-7-22(19)16-21)27-25(29)20-12-14-28(15-13-20)17-23-8-4-5-9-24(23)26/h4-5,8-11,16,18,20H,2-3,6-7,12-15,17H2,1H3,(H,27,29)/t18-/m0/s1. The van der Waals surface area contributed by atoms with Crippen LogP contribution >= 0.6 is 0 Å². The number of fused-ring (bicyclic) bond motifs is 1. The number of rotatable bonds is 5. The molecular formula is C25H31FN2O. The molecule has 0 bridgehead atoms. The van der Waals surface area contributed by atoms with Crippen LogP contribution in [0.5, 0.6) is 0 Å². The normalized spacial score (nSPS) is 18.8. The van der Waals surface area contributed by atoms with Gasteiger partial charge >= 0.3 is 0 Å². The van der Waals surface area contributed by atoms with Crippen LogP contribution in [0.1, 0.15) is 60.9 Å². The number of benzene rings is 2. The Morgan fingerprint density at radius 2 is 1.83 bits per heavy atom. The lowest BCUT2D eigenvalue weighted by atomic mass is 9.89. The number of aryl methyl sites for hydroxylation is 2. The highest BCUT2D eigenvalue weighted by Crippen LogP contribution is 2.26. The average molecular weight is 395 g/mol. The van der Waals surface area contributed by atoms with Crippen LogP contribution in [-0.2, 0) is 24.2 Å². The average Bonchev–Trinajstić information content (AvgIpc) is 2.75. The van der Waals surface area contributed by atoms with E-state index in [0.717, 1.165) is 37.9 Å². The minimum absolute atomic E-state index is 0.0335. The Kier molecular flexibility index (Phi) is 6.29. The highest BCUT2D eigenvalue weighted by molar-refractivity contribution is 5.79. The molecule has 1 heterocycles. The summed E-state index contributed by atoms with van der Waals surface area (Å²) in [6, 6.07) is 13.7. The fourth-order valence-electron chi connectivity index (χ4n) is 4.66. The van der Waals surface area contributed by atoms with E-state index in [4.69, 9.17) is 0 Å². The van der Waals surface area contributed by atoms with Gasteiger partial charge in [0.05, 0.1) is 6.04 Å². The molecule has 0 unspecified atom stereocenters. The number of nitrogens with zero attached hydrogens (tertiary/aromatic N) is 1. The second-order valence-corrected chi connectivity index (χ2v) is 8.61. The van der Waals surface area contributed by atoms with Crippen LogP contribution < -0.4 is 5.32 Å². The van der Waals surface area contributed by atoms with Crippen molar-refractivity contribution in [2.45, 2.75) is 58.0 Å². The van der Waals surface area contributed by atoms with Gasteiger partial charge in [0.15, 0.2) is 0 Å². The Bertz CT molecular complexity index is 858. The van der Waals surface area contributed by atoms with Crippen molar-refractivity contribution in [3.63, 3.8) is 0 Å². The summed E-state index contributed by atoms with van der Waals surface area (Å²) in [5.41, 5.74) is 4.87. The number of amides is 1. The molecule has 1 aliphatic heterocycles. The molecule has 2 aromatic carbocycles. The maximum atomic E-state index is 13.9. The third kappa shape index (κ3) is 4.87. The molecule has 4 rings (SSSR count). The number of carbonyl (C=O) groups excluding carboxylic acids is 1. The quantitative estimate of drug-likeness (QED) is 0.790. The number of halogens is 1. The minimum atomic E-state index is -0.147. The second kappa shape index (κ2) is 9.08. The van der Waals surface area contributed by atoms with Gasteiger partial charge in [0.2, 0.25) is 5.91 Å². The van der Waals surface area contributed by atoms with Gasteiger partial charge in [-0.05, 0) is 81.3 Å². The molecule has 3 nitrogen and oxygen atoms in total. The van der Waals surface area contributed by atoms with Crippen molar-refractivity contribution in [1.29, 1.82) is 0 Å². The zero-order chi connectivity index (χ0) is 20.2. The monoisotopic (exact) mass is 394 g/mol. The van der Waals surface area contributed by atoms with Crippen molar-refractivity contribution >= 4 is 5.91 Å². The first-order valence-corrected chi connectivity index (χ1v) is 11.0. The summed E-state index contributed by atoms with van der Waals surface area (Å²) < 4.78 is 13.9. The molecule has 29 heavy (non-hydrogen) atoms. The minimum Gasteiger partial charge on any atom is -0.349 e. The predicted molar refractivity (Wildman–Crippen MR) is 114 cm³/mol. The topological polar surface area (TPSA) is 32.3 Å². The van der Waals surface area contributed by atoms with Gasteiger partial charge in [0.25, 0.3) is 0 Å². The molecule has 154 valence electrons. The maximum Gasteiger partial charge on any atom is 0.223 e. The SMILES string of the molecule is C[C@H](NC(=O)C1CCN(Cc2ccccc2F)CC1)c1ccc2c(c1)CCCC2. The molecule has 0 radical (unpaired) electrons. The summed E-state index contributed by atoms with van der Waals surface area (Å²) >= 11 is 0. The van der Waals surface area contributed by atoms with Gasteiger partial charge in [-0.15, -0.1) is 0 Å². The lowest BCUT2D eigenvalue weighted by Gasteiger charge is -2.32. The molecule has 1 atom stereocenters.